The maximum absolute atomic E-state index is 12.2. The molecule has 0 amide bonds. The van der Waals surface area contributed by atoms with Crippen molar-refractivity contribution < 1.29 is 14.6 Å². The van der Waals surface area contributed by atoms with Crippen molar-refractivity contribution in [1.82, 2.24) is 0 Å². The predicted molar refractivity (Wildman–Crippen MR) is 103 cm³/mol. The van der Waals surface area contributed by atoms with Gasteiger partial charge in [0.25, 0.3) is 5.72 Å². The monoisotopic (exact) mass is 412 g/mol. The average Bonchev–Trinajstić information content (AvgIpc) is 2.97. The lowest BCUT2D eigenvalue weighted by atomic mass is 10.1. The van der Waals surface area contributed by atoms with Crippen molar-refractivity contribution in [2.24, 2.45) is 4.99 Å². The Bertz CT molecular complexity index is 870. The number of rotatable bonds is 4. The van der Waals surface area contributed by atoms with E-state index in [2.05, 4.69) is 4.99 Å². The van der Waals surface area contributed by atoms with Gasteiger partial charge in [-0.25, -0.2) is 9.79 Å². The van der Waals surface area contributed by atoms with E-state index in [4.69, 9.17) is 39.5 Å². The maximum atomic E-state index is 12.2. The minimum absolute atomic E-state index is 0.109. The molecule has 1 aliphatic rings. The summed E-state index contributed by atoms with van der Waals surface area (Å²) in [4.78, 5) is 18.2. The molecular weight excluding hydrogens is 399 g/mol. The zero-order valence-electron chi connectivity index (χ0n) is 13.7. The van der Waals surface area contributed by atoms with Crippen LogP contribution in [0.5, 0.6) is 0 Å². The Morgan fingerprint density at radius 3 is 2.50 bits per heavy atom. The van der Waals surface area contributed by atoms with E-state index in [1.165, 1.54) is 0 Å². The van der Waals surface area contributed by atoms with E-state index in [0.29, 0.717) is 32.2 Å². The predicted octanol–water partition coefficient (Wildman–Crippen LogP) is 4.17. The van der Waals surface area contributed by atoms with Crippen molar-refractivity contribution in [2.45, 2.75) is 12.6 Å². The van der Waals surface area contributed by atoms with E-state index < -0.39 is 11.7 Å². The number of benzene rings is 2. The van der Waals surface area contributed by atoms with Crippen molar-refractivity contribution in [1.29, 1.82) is 0 Å². The van der Waals surface area contributed by atoms with Gasteiger partial charge in [-0.15, -0.1) is 0 Å². The fourth-order valence-electron chi connectivity index (χ4n) is 2.61. The summed E-state index contributed by atoms with van der Waals surface area (Å²) in [6.45, 7) is 1.69. The van der Waals surface area contributed by atoms with E-state index in [1.54, 1.807) is 54.3 Å². The molecule has 1 N–H and O–H groups in total. The minimum atomic E-state index is -2.02. The molecule has 8 heteroatoms. The molecule has 1 unspecified atom stereocenters. The van der Waals surface area contributed by atoms with E-state index >= 15 is 0 Å². The summed E-state index contributed by atoms with van der Waals surface area (Å²) in [6, 6.07) is 11.9. The first-order valence-corrected chi connectivity index (χ1v) is 8.95. The van der Waals surface area contributed by atoms with Gasteiger partial charge in [0, 0.05) is 16.3 Å². The Morgan fingerprint density at radius 1 is 1.19 bits per heavy atom. The molecule has 136 valence electrons. The number of ether oxygens (including phenoxy) is 1. The highest BCUT2D eigenvalue weighted by molar-refractivity contribution is 6.42. The summed E-state index contributed by atoms with van der Waals surface area (Å²) in [7, 11) is 0. The topological polar surface area (TPSA) is 62.1 Å². The number of β-amino-alcohol motifs (C(OH)–C–C–N with tert-alkyl or cyclic N) is 1. The van der Waals surface area contributed by atoms with Crippen LogP contribution in [0.3, 0.4) is 0 Å². The van der Waals surface area contributed by atoms with Gasteiger partial charge in [-0.3, -0.25) is 0 Å². The van der Waals surface area contributed by atoms with Crippen LogP contribution in [0.15, 0.2) is 47.5 Å². The lowest BCUT2D eigenvalue weighted by molar-refractivity contribution is -0.162. The molecule has 2 aromatic rings. The summed E-state index contributed by atoms with van der Waals surface area (Å²) in [6.07, 6.45) is 0. The van der Waals surface area contributed by atoms with Crippen molar-refractivity contribution in [3.05, 3.63) is 63.1 Å². The lowest BCUT2D eigenvalue weighted by Gasteiger charge is -2.23. The van der Waals surface area contributed by atoms with Gasteiger partial charge in [0.05, 0.1) is 23.2 Å². The molecule has 0 spiro atoms. The third-order valence-corrected chi connectivity index (χ3v) is 4.84. The Kier molecular flexibility index (Phi) is 5.44. The molecular formula is C18H15Cl3N2O3. The first kappa shape index (κ1) is 19.0. The highest BCUT2D eigenvalue weighted by Gasteiger charge is 2.46. The third kappa shape index (κ3) is 3.67. The second kappa shape index (κ2) is 7.45. The number of hydrogen-bond acceptors (Lipinski definition) is 5. The van der Waals surface area contributed by atoms with Gasteiger partial charge in [-0.2, -0.15) is 0 Å². The minimum Gasteiger partial charge on any atom is -0.462 e. The van der Waals surface area contributed by atoms with Gasteiger partial charge >= 0.3 is 5.97 Å². The van der Waals surface area contributed by atoms with E-state index in [0.717, 1.165) is 0 Å². The zero-order valence-corrected chi connectivity index (χ0v) is 16.0. The molecule has 1 atom stereocenters. The standard InChI is InChI=1S/C18H15Cl3N2O3/c1-2-26-17(24)18(25)10-23(13-7-8-14(20)15(21)9-13)16(22-18)11-3-5-12(19)6-4-11/h3-9,25H,2,10H2,1H3. The second-order valence-corrected chi connectivity index (χ2v) is 6.91. The highest BCUT2D eigenvalue weighted by atomic mass is 35.5. The van der Waals surface area contributed by atoms with Gasteiger partial charge in [-0.1, -0.05) is 34.8 Å². The van der Waals surface area contributed by atoms with Crippen LogP contribution < -0.4 is 4.90 Å². The van der Waals surface area contributed by atoms with Crippen molar-refractivity contribution in [3.8, 4) is 0 Å². The molecule has 0 bridgehead atoms. The van der Waals surface area contributed by atoms with Gasteiger partial charge in [0.1, 0.15) is 5.84 Å². The first-order valence-electron chi connectivity index (χ1n) is 7.82. The SMILES string of the molecule is CCOC(=O)C1(O)CN(c2ccc(Cl)c(Cl)c2)C(c2ccc(Cl)cc2)=N1. The summed E-state index contributed by atoms with van der Waals surface area (Å²) < 4.78 is 4.97. The van der Waals surface area contributed by atoms with Crippen LogP contribution in [0.1, 0.15) is 12.5 Å². The second-order valence-electron chi connectivity index (χ2n) is 5.66. The number of anilines is 1. The number of esters is 1. The van der Waals surface area contributed by atoms with Gasteiger partial charge in [-0.05, 0) is 49.4 Å². The van der Waals surface area contributed by atoms with E-state index in [1.807, 2.05) is 0 Å². The molecule has 0 saturated heterocycles. The number of carbonyl (C=O) groups is 1. The third-order valence-electron chi connectivity index (χ3n) is 3.84. The molecule has 3 rings (SSSR count). The van der Waals surface area contributed by atoms with Crippen LogP contribution in [0.25, 0.3) is 0 Å². The largest absolute Gasteiger partial charge is 0.462 e. The molecule has 5 nitrogen and oxygen atoms in total. The van der Waals surface area contributed by atoms with Crippen LogP contribution in [0.2, 0.25) is 15.1 Å². The molecule has 0 saturated carbocycles. The number of nitrogens with zero attached hydrogens (tertiary/aromatic N) is 2. The Labute approximate surface area is 165 Å². The number of aliphatic hydroxyl groups is 1. The number of amidine groups is 1. The highest BCUT2D eigenvalue weighted by Crippen LogP contribution is 2.33. The van der Waals surface area contributed by atoms with Crippen LogP contribution in [0.4, 0.5) is 5.69 Å². The molecule has 1 aliphatic heterocycles. The molecule has 0 aromatic heterocycles. The number of halogens is 3. The number of carbonyl (C=O) groups excluding carboxylic acids is 1. The summed E-state index contributed by atoms with van der Waals surface area (Å²) in [5.74, 6) is -0.412. The van der Waals surface area contributed by atoms with Crippen LogP contribution in [0, 0.1) is 0 Å². The smallest absolute Gasteiger partial charge is 0.363 e. The Morgan fingerprint density at radius 2 is 1.88 bits per heavy atom. The van der Waals surface area contributed by atoms with Crippen LogP contribution >= 0.6 is 34.8 Å². The van der Waals surface area contributed by atoms with Crippen molar-refractivity contribution in [2.75, 3.05) is 18.1 Å². The molecule has 0 fully saturated rings. The lowest BCUT2D eigenvalue weighted by Crippen LogP contribution is -2.43. The molecule has 26 heavy (non-hydrogen) atoms. The van der Waals surface area contributed by atoms with E-state index in [9.17, 15) is 9.90 Å². The van der Waals surface area contributed by atoms with Crippen molar-refractivity contribution in [3.63, 3.8) is 0 Å². The molecule has 0 radical (unpaired) electrons. The van der Waals surface area contributed by atoms with Gasteiger partial charge < -0.3 is 14.7 Å². The number of aliphatic imine (C=N–C) groups is 1. The quantitative estimate of drug-likeness (QED) is 0.764. The summed E-state index contributed by atoms with van der Waals surface area (Å²) in [5.41, 5.74) is -0.703. The number of hydrogen-bond donors (Lipinski definition) is 1. The first-order chi connectivity index (χ1) is 12.3. The van der Waals surface area contributed by atoms with Gasteiger partial charge in [0.15, 0.2) is 0 Å². The van der Waals surface area contributed by atoms with Crippen molar-refractivity contribution >= 4 is 52.3 Å². The Balaban J connectivity index is 2.07. The fraction of sp³-hybridized carbons (Fsp3) is 0.222. The average molecular weight is 414 g/mol. The summed E-state index contributed by atoms with van der Waals surface area (Å²) in [5, 5.41) is 12.1. The summed E-state index contributed by atoms with van der Waals surface area (Å²) >= 11 is 18.1. The fourth-order valence-corrected chi connectivity index (χ4v) is 3.03. The maximum Gasteiger partial charge on any atom is 0.363 e. The normalized spacial score (nSPS) is 19.4. The molecule has 2 aromatic carbocycles. The Hall–Kier alpha value is -1.79. The van der Waals surface area contributed by atoms with E-state index in [-0.39, 0.29) is 13.2 Å². The van der Waals surface area contributed by atoms with Crippen LogP contribution in [-0.4, -0.2) is 35.8 Å². The van der Waals surface area contributed by atoms with Crippen LogP contribution in [-0.2, 0) is 9.53 Å². The zero-order chi connectivity index (χ0) is 18.9. The molecule has 0 aliphatic carbocycles. The van der Waals surface area contributed by atoms with Gasteiger partial charge in [0.2, 0.25) is 0 Å². The molecule has 1 heterocycles.